The van der Waals surface area contributed by atoms with Crippen molar-refractivity contribution in [3.8, 4) is 0 Å². The number of nitrogens with one attached hydrogen (secondary N) is 1. The van der Waals surface area contributed by atoms with Crippen molar-refractivity contribution in [3.05, 3.63) is 58.0 Å². The van der Waals surface area contributed by atoms with Crippen molar-refractivity contribution >= 4 is 21.8 Å². The van der Waals surface area contributed by atoms with Gasteiger partial charge in [0.05, 0.1) is 12.3 Å². The van der Waals surface area contributed by atoms with E-state index >= 15 is 0 Å². The van der Waals surface area contributed by atoms with Crippen molar-refractivity contribution in [1.82, 2.24) is 10.2 Å². The van der Waals surface area contributed by atoms with Gasteiger partial charge >= 0.3 is 0 Å². The molecule has 1 N–H and O–H groups in total. The number of carbonyl (C=O) groups is 1. The number of amides is 1. The smallest absolute Gasteiger partial charge is 0.254 e. The molecule has 1 aliphatic heterocycles. The third kappa shape index (κ3) is 4.57. The van der Waals surface area contributed by atoms with Crippen LogP contribution in [0, 0.1) is 6.92 Å². The molecule has 1 fully saturated rings. The quantitative estimate of drug-likeness (QED) is 0.710. The van der Waals surface area contributed by atoms with E-state index in [1.807, 2.05) is 42.2 Å². The van der Waals surface area contributed by atoms with Crippen LogP contribution in [0.5, 0.6) is 0 Å². The monoisotopic (exact) mass is 418 g/mol. The summed E-state index contributed by atoms with van der Waals surface area (Å²) in [4.78, 5) is 14.8. The number of furan rings is 1. The van der Waals surface area contributed by atoms with Gasteiger partial charge in [-0.25, -0.2) is 0 Å². The molecule has 0 spiro atoms. The number of rotatable bonds is 6. The Balaban J connectivity index is 1.57. The highest BCUT2D eigenvalue weighted by Crippen LogP contribution is 2.24. The van der Waals surface area contributed by atoms with Crippen LogP contribution in [-0.4, -0.2) is 29.9 Å². The van der Waals surface area contributed by atoms with E-state index in [1.165, 1.54) is 0 Å². The van der Waals surface area contributed by atoms with Crippen LogP contribution in [0.3, 0.4) is 0 Å². The molecular weight excluding hydrogens is 392 g/mol. The van der Waals surface area contributed by atoms with Gasteiger partial charge < -0.3 is 14.6 Å². The Morgan fingerprint density at radius 2 is 2.12 bits per heavy atom. The topological polar surface area (TPSA) is 45.5 Å². The number of nitrogens with zero attached hydrogens (tertiary/aromatic N) is 1. The number of hydrogen-bond donors (Lipinski definition) is 1. The largest absolute Gasteiger partial charge is 0.468 e. The van der Waals surface area contributed by atoms with Gasteiger partial charge in [0, 0.05) is 29.2 Å². The van der Waals surface area contributed by atoms with Crippen LogP contribution in [0.2, 0.25) is 0 Å². The molecule has 2 aromatic rings. The van der Waals surface area contributed by atoms with Crippen LogP contribution in [0.15, 0.2) is 45.5 Å². The fourth-order valence-electron chi connectivity index (χ4n) is 3.66. The minimum atomic E-state index is 0.143. The summed E-state index contributed by atoms with van der Waals surface area (Å²) in [5.41, 5.74) is 1.82. The van der Waals surface area contributed by atoms with Crippen LogP contribution in [0.25, 0.3) is 0 Å². The van der Waals surface area contributed by atoms with Gasteiger partial charge in [0.25, 0.3) is 5.91 Å². The molecule has 3 rings (SSSR count). The molecule has 1 aromatic carbocycles. The predicted molar refractivity (Wildman–Crippen MR) is 107 cm³/mol. The number of carbonyl (C=O) groups excluding carboxylic acids is 1. The van der Waals surface area contributed by atoms with Crippen molar-refractivity contribution < 1.29 is 9.21 Å². The fraction of sp³-hybridized carbons (Fsp3) is 0.476. The Morgan fingerprint density at radius 3 is 2.73 bits per heavy atom. The molecule has 1 atom stereocenters. The van der Waals surface area contributed by atoms with E-state index < -0.39 is 0 Å². The maximum Gasteiger partial charge on any atom is 0.254 e. The van der Waals surface area contributed by atoms with Crippen molar-refractivity contribution in [3.63, 3.8) is 0 Å². The van der Waals surface area contributed by atoms with Crippen molar-refractivity contribution in [2.75, 3.05) is 13.1 Å². The third-order valence-corrected chi connectivity index (χ3v) is 5.60. The first-order valence-electron chi connectivity index (χ1n) is 9.43. The molecule has 1 unspecified atom stereocenters. The summed E-state index contributed by atoms with van der Waals surface area (Å²) in [5.74, 6) is 1.15. The first-order chi connectivity index (χ1) is 12.6. The second-order valence-electron chi connectivity index (χ2n) is 7.05. The molecular formula is C21H27BrN2O2. The standard InChI is InChI=1S/C21H27BrN2O2/c1-3-5-19(20-6-4-13-26-20)23-17-9-11-24(12-10-17)21(25)18-8-7-16(22)14-15(18)2/h4,6-8,13-14,17,19,23H,3,5,9-12H2,1-2H3. The van der Waals surface area contributed by atoms with Crippen LogP contribution < -0.4 is 5.32 Å². The van der Waals surface area contributed by atoms with Gasteiger partial charge in [-0.2, -0.15) is 0 Å². The first kappa shape index (κ1) is 19.2. The SMILES string of the molecule is CCCC(NC1CCN(C(=O)c2ccc(Br)cc2C)CC1)c1ccco1. The first-order valence-corrected chi connectivity index (χ1v) is 10.2. The van der Waals surface area contributed by atoms with E-state index in [4.69, 9.17) is 4.42 Å². The van der Waals surface area contributed by atoms with Crippen LogP contribution >= 0.6 is 15.9 Å². The van der Waals surface area contributed by atoms with E-state index in [9.17, 15) is 4.79 Å². The fourth-order valence-corrected chi connectivity index (χ4v) is 4.13. The molecule has 4 nitrogen and oxygen atoms in total. The number of benzene rings is 1. The van der Waals surface area contributed by atoms with Gasteiger partial charge in [0.2, 0.25) is 0 Å². The van der Waals surface area contributed by atoms with E-state index in [2.05, 4.69) is 28.2 Å². The number of halogens is 1. The molecule has 0 saturated carbocycles. The molecule has 5 heteroatoms. The molecule has 1 aliphatic rings. The highest BCUT2D eigenvalue weighted by atomic mass is 79.9. The lowest BCUT2D eigenvalue weighted by Gasteiger charge is -2.34. The van der Waals surface area contributed by atoms with Crippen LogP contribution in [0.4, 0.5) is 0 Å². The van der Waals surface area contributed by atoms with Gasteiger partial charge in [-0.15, -0.1) is 0 Å². The summed E-state index contributed by atoms with van der Waals surface area (Å²) in [6.45, 7) is 5.77. The highest BCUT2D eigenvalue weighted by molar-refractivity contribution is 9.10. The summed E-state index contributed by atoms with van der Waals surface area (Å²) in [6, 6.07) is 10.5. The molecule has 0 radical (unpaired) electrons. The van der Waals surface area contributed by atoms with E-state index in [0.29, 0.717) is 6.04 Å². The lowest BCUT2D eigenvalue weighted by atomic mass is 10.00. The zero-order valence-corrected chi connectivity index (χ0v) is 17.1. The van der Waals surface area contributed by atoms with E-state index in [1.54, 1.807) is 6.26 Å². The molecule has 2 heterocycles. The average Bonchev–Trinajstić information content (AvgIpc) is 3.16. The number of hydrogen-bond acceptors (Lipinski definition) is 3. The molecule has 0 aliphatic carbocycles. The number of piperidine rings is 1. The van der Waals surface area contributed by atoms with Crippen LogP contribution in [0.1, 0.15) is 60.3 Å². The maximum atomic E-state index is 12.8. The zero-order chi connectivity index (χ0) is 18.5. The Labute approximate surface area is 164 Å². The average molecular weight is 419 g/mol. The summed E-state index contributed by atoms with van der Waals surface area (Å²) in [5, 5.41) is 3.74. The Morgan fingerprint density at radius 1 is 1.35 bits per heavy atom. The summed E-state index contributed by atoms with van der Waals surface area (Å²) < 4.78 is 6.61. The second kappa shape index (κ2) is 8.87. The van der Waals surface area contributed by atoms with Crippen LogP contribution in [-0.2, 0) is 0 Å². The summed E-state index contributed by atoms with van der Waals surface area (Å²) in [6.07, 6.45) is 5.86. The Bertz CT molecular complexity index is 722. The normalized spacial score (nSPS) is 16.7. The van der Waals surface area contributed by atoms with Gasteiger partial charge in [-0.05, 0) is 62.1 Å². The van der Waals surface area contributed by atoms with Crippen molar-refractivity contribution in [2.24, 2.45) is 0 Å². The van der Waals surface area contributed by atoms with E-state index in [0.717, 1.165) is 60.1 Å². The van der Waals surface area contributed by atoms with Gasteiger partial charge in [-0.3, -0.25) is 4.79 Å². The van der Waals surface area contributed by atoms with Gasteiger partial charge in [0.15, 0.2) is 0 Å². The highest BCUT2D eigenvalue weighted by Gasteiger charge is 2.26. The van der Waals surface area contributed by atoms with Crippen molar-refractivity contribution in [2.45, 2.75) is 51.6 Å². The van der Waals surface area contributed by atoms with Gasteiger partial charge in [0.1, 0.15) is 5.76 Å². The molecule has 1 saturated heterocycles. The zero-order valence-electron chi connectivity index (χ0n) is 15.5. The second-order valence-corrected chi connectivity index (χ2v) is 7.96. The minimum absolute atomic E-state index is 0.143. The molecule has 140 valence electrons. The molecule has 1 aromatic heterocycles. The lowest BCUT2D eigenvalue weighted by Crippen LogP contribution is -2.46. The van der Waals surface area contributed by atoms with Crippen molar-refractivity contribution in [1.29, 1.82) is 0 Å². The number of aryl methyl sites for hydroxylation is 1. The van der Waals surface area contributed by atoms with Gasteiger partial charge in [-0.1, -0.05) is 29.3 Å². The summed E-state index contributed by atoms with van der Waals surface area (Å²) >= 11 is 3.46. The maximum absolute atomic E-state index is 12.8. The number of likely N-dealkylation sites (tertiary alicyclic amines) is 1. The Kier molecular flexibility index (Phi) is 6.54. The molecule has 1 amide bonds. The third-order valence-electron chi connectivity index (χ3n) is 5.10. The lowest BCUT2D eigenvalue weighted by molar-refractivity contribution is 0.0699. The predicted octanol–water partition coefficient (Wildman–Crippen LogP) is 5.09. The Hall–Kier alpha value is -1.59. The molecule has 0 bridgehead atoms. The minimum Gasteiger partial charge on any atom is -0.468 e. The summed E-state index contributed by atoms with van der Waals surface area (Å²) in [7, 11) is 0. The van der Waals surface area contributed by atoms with E-state index in [-0.39, 0.29) is 11.9 Å². The molecule has 26 heavy (non-hydrogen) atoms.